The molecule has 0 saturated carbocycles. The number of aromatic nitrogens is 1. The average molecular weight is 384 g/mol. The lowest BCUT2D eigenvalue weighted by Crippen LogP contribution is -2.38. The summed E-state index contributed by atoms with van der Waals surface area (Å²) in [5.74, 6) is 2.23. The molecule has 6 nitrogen and oxygen atoms in total. The van der Waals surface area contributed by atoms with E-state index in [0.29, 0.717) is 12.4 Å². The topological polar surface area (TPSA) is 65.7 Å². The van der Waals surface area contributed by atoms with Gasteiger partial charge in [0.1, 0.15) is 0 Å². The predicted octanol–water partition coefficient (Wildman–Crippen LogP) is 3.58. The Kier molecular flexibility index (Phi) is 7.91. The van der Waals surface area contributed by atoms with Crippen molar-refractivity contribution in [3.63, 3.8) is 0 Å². The molecule has 6 heteroatoms. The first kappa shape index (κ1) is 20.4. The van der Waals surface area contributed by atoms with E-state index in [2.05, 4.69) is 56.7 Å². The zero-order chi connectivity index (χ0) is 19.6. The van der Waals surface area contributed by atoms with E-state index in [0.717, 1.165) is 36.8 Å². The van der Waals surface area contributed by atoms with Crippen molar-refractivity contribution < 1.29 is 4.42 Å². The van der Waals surface area contributed by atoms with Crippen LogP contribution in [0.15, 0.2) is 39.9 Å². The van der Waals surface area contributed by atoms with Crippen LogP contribution in [0.3, 0.4) is 0 Å². The second-order valence-corrected chi connectivity index (χ2v) is 7.45. The lowest BCUT2D eigenvalue weighted by molar-refractivity contribution is 0.282. The Balaban J connectivity index is 1.38. The van der Waals surface area contributed by atoms with E-state index in [9.17, 15) is 0 Å². The first-order chi connectivity index (χ1) is 13.7. The molecule has 0 amide bonds. The minimum atomic E-state index is 0.512. The Morgan fingerprint density at radius 2 is 1.86 bits per heavy atom. The van der Waals surface area contributed by atoms with Crippen LogP contribution in [0.5, 0.6) is 0 Å². The molecular formula is C22H33N5O. The number of benzene rings is 1. The number of hydrogen-bond acceptors (Lipinski definition) is 4. The number of rotatable bonds is 7. The van der Waals surface area contributed by atoms with E-state index in [-0.39, 0.29) is 0 Å². The molecule has 28 heavy (non-hydrogen) atoms. The Morgan fingerprint density at radius 3 is 2.57 bits per heavy atom. The number of guanidine groups is 1. The van der Waals surface area contributed by atoms with Crippen molar-refractivity contribution in [3.05, 3.63) is 41.9 Å². The lowest BCUT2D eigenvalue weighted by atomic mass is 10.1. The summed E-state index contributed by atoms with van der Waals surface area (Å²) in [7, 11) is 1.79. The van der Waals surface area contributed by atoms with Gasteiger partial charge >= 0.3 is 0 Å². The van der Waals surface area contributed by atoms with Gasteiger partial charge in [-0.1, -0.05) is 42.7 Å². The number of oxazole rings is 1. The first-order valence-corrected chi connectivity index (χ1v) is 10.4. The Morgan fingerprint density at radius 1 is 1.11 bits per heavy atom. The maximum Gasteiger partial charge on any atom is 0.214 e. The van der Waals surface area contributed by atoms with Crippen molar-refractivity contribution in [1.82, 2.24) is 20.5 Å². The summed E-state index contributed by atoms with van der Waals surface area (Å²) < 4.78 is 5.86. The van der Waals surface area contributed by atoms with Crippen LogP contribution < -0.4 is 10.6 Å². The van der Waals surface area contributed by atoms with Crippen molar-refractivity contribution in [1.29, 1.82) is 0 Å². The van der Waals surface area contributed by atoms with E-state index >= 15 is 0 Å². The molecule has 0 atom stereocenters. The highest BCUT2D eigenvalue weighted by molar-refractivity contribution is 5.79. The molecule has 1 aliphatic rings. The van der Waals surface area contributed by atoms with Crippen LogP contribution in [0, 0.1) is 6.92 Å². The van der Waals surface area contributed by atoms with Crippen LogP contribution >= 0.6 is 0 Å². The predicted molar refractivity (Wildman–Crippen MR) is 114 cm³/mol. The molecule has 0 bridgehead atoms. The number of hydrogen-bond donors (Lipinski definition) is 2. The average Bonchev–Trinajstić information content (AvgIpc) is 3.03. The highest BCUT2D eigenvalue weighted by Gasteiger charge is 2.09. The molecular weight excluding hydrogens is 350 g/mol. The third-order valence-electron chi connectivity index (χ3n) is 5.16. The van der Waals surface area contributed by atoms with Gasteiger partial charge in [-0.3, -0.25) is 4.99 Å². The number of likely N-dealkylation sites (tertiary alicyclic amines) is 1. The van der Waals surface area contributed by atoms with Crippen LogP contribution in [-0.4, -0.2) is 49.1 Å². The summed E-state index contributed by atoms with van der Waals surface area (Å²) in [5.41, 5.74) is 2.27. The second kappa shape index (κ2) is 10.9. The van der Waals surface area contributed by atoms with Crippen LogP contribution in [-0.2, 0) is 6.54 Å². The number of nitrogens with zero attached hydrogens (tertiary/aromatic N) is 3. The van der Waals surface area contributed by atoms with Crippen molar-refractivity contribution in [2.45, 2.75) is 45.6 Å². The van der Waals surface area contributed by atoms with Crippen molar-refractivity contribution >= 4 is 5.96 Å². The lowest BCUT2D eigenvalue weighted by Gasteiger charge is -2.20. The summed E-state index contributed by atoms with van der Waals surface area (Å²) in [5, 5.41) is 6.66. The molecule has 2 heterocycles. The second-order valence-electron chi connectivity index (χ2n) is 7.45. The smallest absolute Gasteiger partial charge is 0.214 e. The fourth-order valence-corrected chi connectivity index (χ4v) is 3.49. The monoisotopic (exact) mass is 383 g/mol. The van der Waals surface area contributed by atoms with Gasteiger partial charge in [-0.05, 0) is 45.8 Å². The molecule has 0 radical (unpaired) electrons. The van der Waals surface area contributed by atoms with E-state index in [1.807, 2.05) is 0 Å². The van der Waals surface area contributed by atoms with Gasteiger partial charge in [0.2, 0.25) is 5.89 Å². The quantitative estimate of drug-likeness (QED) is 0.435. The summed E-state index contributed by atoms with van der Waals surface area (Å²) >= 11 is 0. The van der Waals surface area contributed by atoms with Crippen LogP contribution in [0.25, 0.3) is 11.3 Å². The van der Waals surface area contributed by atoms with Crippen molar-refractivity contribution in [2.24, 2.45) is 4.99 Å². The molecule has 1 aromatic heterocycles. The Bertz CT molecular complexity index is 730. The Hall–Kier alpha value is -2.34. The highest BCUT2D eigenvalue weighted by Crippen LogP contribution is 2.20. The van der Waals surface area contributed by atoms with Gasteiger partial charge in [-0.2, -0.15) is 0 Å². The molecule has 2 aromatic rings. The van der Waals surface area contributed by atoms with E-state index < -0.39 is 0 Å². The summed E-state index contributed by atoms with van der Waals surface area (Å²) in [6.07, 6.45) is 8.36. The fraction of sp³-hybridized carbons (Fsp3) is 0.545. The molecule has 0 spiro atoms. The molecule has 1 fully saturated rings. The van der Waals surface area contributed by atoms with Gasteiger partial charge in [-0.25, -0.2) is 4.98 Å². The first-order valence-electron chi connectivity index (χ1n) is 10.4. The van der Waals surface area contributed by atoms with Gasteiger partial charge < -0.3 is 20.0 Å². The summed E-state index contributed by atoms with van der Waals surface area (Å²) in [4.78, 5) is 11.2. The normalized spacial score (nSPS) is 16.0. The van der Waals surface area contributed by atoms with Gasteiger partial charge in [0.05, 0.1) is 12.7 Å². The largest absolute Gasteiger partial charge is 0.439 e. The Labute approximate surface area is 168 Å². The molecule has 2 N–H and O–H groups in total. The fourth-order valence-electron chi connectivity index (χ4n) is 3.49. The SMILES string of the molecule is CN=C(NCCCN1CCCCCC1)NCc1ncc(-c2ccc(C)cc2)o1. The maximum atomic E-state index is 5.86. The highest BCUT2D eigenvalue weighted by atomic mass is 16.4. The van der Waals surface area contributed by atoms with Gasteiger partial charge in [0.15, 0.2) is 11.7 Å². The molecule has 1 aromatic carbocycles. The number of aryl methyl sites for hydroxylation is 1. The van der Waals surface area contributed by atoms with Gasteiger partial charge in [0.25, 0.3) is 0 Å². The van der Waals surface area contributed by atoms with E-state index in [4.69, 9.17) is 4.42 Å². The maximum absolute atomic E-state index is 5.86. The van der Waals surface area contributed by atoms with Crippen LogP contribution in [0.4, 0.5) is 0 Å². The van der Waals surface area contributed by atoms with Gasteiger partial charge in [-0.15, -0.1) is 0 Å². The van der Waals surface area contributed by atoms with Crippen molar-refractivity contribution in [3.8, 4) is 11.3 Å². The molecule has 1 saturated heterocycles. The van der Waals surface area contributed by atoms with E-state index in [1.54, 1.807) is 13.2 Å². The number of aliphatic imine (C=N–C) groups is 1. The minimum absolute atomic E-state index is 0.512. The molecule has 3 rings (SSSR count). The van der Waals surface area contributed by atoms with Crippen LogP contribution in [0.2, 0.25) is 0 Å². The van der Waals surface area contributed by atoms with Crippen LogP contribution in [0.1, 0.15) is 43.6 Å². The molecule has 1 aliphatic heterocycles. The zero-order valence-corrected chi connectivity index (χ0v) is 17.2. The minimum Gasteiger partial charge on any atom is -0.439 e. The van der Waals surface area contributed by atoms with Crippen molar-refractivity contribution in [2.75, 3.05) is 33.2 Å². The zero-order valence-electron chi connectivity index (χ0n) is 17.2. The molecule has 0 unspecified atom stereocenters. The van der Waals surface area contributed by atoms with E-state index in [1.165, 1.54) is 44.3 Å². The third-order valence-corrected chi connectivity index (χ3v) is 5.16. The molecule has 0 aliphatic carbocycles. The standard InChI is InChI=1S/C22H33N5O/c1-18-8-10-19(11-9-18)20-16-25-21(28-20)17-26-22(23-2)24-12-7-15-27-13-5-3-4-6-14-27/h8-11,16H,3-7,12-15,17H2,1-2H3,(H2,23,24,26). The summed E-state index contributed by atoms with van der Waals surface area (Å²) in [6, 6.07) is 8.26. The van der Waals surface area contributed by atoms with Gasteiger partial charge in [0, 0.05) is 19.2 Å². The number of nitrogens with one attached hydrogen (secondary N) is 2. The summed E-state index contributed by atoms with van der Waals surface area (Å²) in [6.45, 7) is 7.16. The molecule has 152 valence electrons. The third kappa shape index (κ3) is 6.37.